The molecule has 0 aliphatic carbocycles. The molecule has 1 amide bonds. The Morgan fingerprint density at radius 2 is 2.15 bits per heavy atom. The molecule has 0 aromatic heterocycles. The normalized spacial score (nSPS) is 22.5. The van der Waals surface area contributed by atoms with Crippen molar-refractivity contribution in [3.8, 4) is 5.75 Å². The second-order valence-electron chi connectivity index (χ2n) is 7.44. The molecule has 2 heterocycles. The largest absolute Gasteiger partial charge is 0.489 e. The maximum absolute atomic E-state index is 13.0. The van der Waals surface area contributed by atoms with Crippen LogP contribution in [-0.2, 0) is 16.3 Å². The molecule has 3 unspecified atom stereocenters. The highest BCUT2D eigenvalue weighted by Crippen LogP contribution is 2.35. The Morgan fingerprint density at radius 1 is 1.41 bits per heavy atom. The molecule has 152 valence electrons. The third-order valence-corrected chi connectivity index (χ3v) is 6.23. The molecule has 1 fully saturated rings. The molecule has 2 aliphatic heterocycles. The molecule has 2 N–H and O–H groups in total. The Labute approximate surface area is 167 Å². The molecule has 0 bridgehead atoms. The van der Waals surface area contributed by atoms with Crippen molar-refractivity contribution in [2.75, 3.05) is 12.8 Å². The second kappa shape index (κ2) is 8.80. The number of halogens is 1. The monoisotopic (exact) mass is 416 g/mol. The molecule has 1 aromatic carbocycles. The molecule has 3 atom stereocenters. The average Bonchev–Trinajstić information content (AvgIpc) is 3.20. The maximum atomic E-state index is 13.0. The van der Waals surface area contributed by atoms with E-state index in [1.54, 1.807) is 6.07 Å². The number of hydrogen-bond donors (Lipinski definition) is 2. The molecule has 6 nitrogen and oxygen atoms in total. The molecular weight excluding hydrogens is 388 g/mol. The summed E-state index contributed by atoms with van der Waals surface area (Å²) in [6.45, 7) is 4.99. The van der Waals surface area contributed by atoms with Gasteiger partial charge in [-0.2, -0.15) is 0 Å². The van der Waals surface area contributed by atoms with E-state index in [-0.39, 0.29) is 41.4 Å². The first-order chi connectivity index (χ1) is 12.3. The van der Waals surface area contributed by atoms with Gasteiger partial charge < -0.3 is 15.4 Å². The van der Waals surface area contributed by atoms with E-state index in [2.05, 4.69) is 17.6 Å². The lowest BCUT2D eigenvalue weighted by Gasteiger charge is -2.25. The smallest absolute Gasteiger partial charge is 0.255 e. The minimum absolute atomic E-state index is 0. The highest BCUT2D eigenvalue weighted by atomic mass is 35.5. The van der Waals surface area contributed by atoms with E-state index in [4.69, 9.17) is 4.74 Å². The van der Waals surface area contributed by atoms with E-state index >= 15 is 0 Å². The maximum Gasteiger partial charge on any atom is 0.255 e. The lowest BCUT2D eigenvalue weighted by Crippen LogP contribution is -2.47. The number of nitrogens with one attached hydrogen (secondary N) is 2. The molecule has 0 saturated carbocycles. The summed E-state index contributed by atoms with van der Waals surface area (Å²) in [5, 5.41) is 6.57. The van der Waals surface area contributed by atoms with Gasteiger partial charge in [-0.05, 0) is 50.4 Å². The quantitative estimate of drug-likeness (QED) is 0.744. The van der Waals surface area contributed by atoms with Crippen molar-refractivity contribution in [2.45, 2.75) is 69.0 Å². The summed E-state index contributed by atoms with van der Waals surface area (Å²) in [7, 11) is -3.40. The Balaban J connectivity index is 0.00000261. The van der Waals surface area contributed by atoms with Gasteiger partial charge in [-0.1, -0.05) is 13.3 Å². The predicted molar refractivity (Wildman–Crippen MR) is 108 cm³/mol. The number of fused-ring (bicyclic) bond motifs is 1. The zero-order valence-electron chi connectivity index (χ0n) is 16.1. The van der Waals surface area contributed by atoms with Gasteiger partial charge in [0.2, 0.25) is 0 Å². The molecule has 0 radical (unpaired) electrons. The van der Waals surface area contributed by atoms with Crippen LogP contribution in [0.4, 0.5) is 0 Å². The zero-order chi connectivity index (χ0) is 18.9. The molecule has 1 saturated heterocycles. The minimum Gasteiger partial charge on any atom is -0.489 e. The van der Waals surface area contributed by atoms with Crippen molar-refractivity contribution in [1.82, 2.24) is 10.6 Å². The summed E-state index contributed by atoms with van der Waals surface area (Å²) in [4.78, 5) is 13.2. The second-order valence-corrected chi connectivity index (χ2v) is 9.45. The summed E-state index contributed by atoms with van der Waals surface area (Å²) in [6.07, 6.45) is 5.72. The molecule has 27 heavy (non-hydrogen) atoms. The molecule has 8 heteroatoms. The van der Waals surface area contributed by atoms with Gasteiger partial charge in [-0.25, -0.2) is 8.42 Å². The van der Waals surface area contributed by atoms with Gasteiger partial charge >= 0.3 is 0 Å². The van der Waals surface area contributed by atoms with Gasteiger partial charge in [-0.15, -0.1) is 12.4 Å². The van der Waals surface area contributed by atoms with Crippen LogP contribution < -0.4 is 15.4 Å². The number of rotatable bonds is 6. The van der Waals surface area contributed by atoms with Gasteiger partial charge in [0.25, 0.3) is 5.91 Å². The first-order valence-corrected chi connectivity index (χ1v) is 11.3. The number of amides is 1. The number of hydrogen-bond acceptors (Lipinski definition) is 5. The van der Waals surface area contributed by atoms with Crippen molar-refractivity contribution >= 4 is 28.2 Å². The first kappa shape index (κ1) is 22.0. The van der Waals surface area contributed by atoms with Gasteiger partial charge in [0.05, 0.1) is 10.5 Å². The SMILES string of the molecule is CCCC(NC(=O)c1cc(S(C)(=O)=O)cc2c1OC(C)C2)C1CCCN1.Cl. The first-order valence-electron chi connectivity index (χ1n) is 9.37. The average molecular weight is 417 g/mol. The molecule has 2 aliphatic rings. The van der Waals surface area contributed by atoms with E-state index < -0.39 is 9.84 Å². The number of carbonyl (C=O) groups is 1. The van der Waals surface area contributed by atoms with Crippen LogP contribution in [0.1, 0.15) is 55.5 Å². The van der Waals surface area contributed by atoms with Crippen LogP contribution in [0.2, 0.25) is 0 Å². The summed E-state index contributed by atoms with van der Waals surface area (Å²) < 4.78 is 29.9. The van der Waals surface area contributed by atoms with Crippen molar-refractivity contribution in [3.05, 3.63) is 23.3 Å². The Morgan fingerprint density at radius 3 is 2.74 bits per heavy atom. The standard InChI is InChI=1S/C19H28N2O4S.ClH/c1-4-6-17(16-7-5-8-20-16)21-19(22)15-11-14(26(3,23)24)10-13-9-12(2)25-18(13)15;/h10-12,16-17,20H,4-9H2,1-3H3,(H,21,22);1H. The van der Waals surface area contributed by atoms with Gasteiger partial charge in [-0.3, -0.25) is 4.79 Å². The number of ether oxygens (including phenoxy) is 1. The van der Waals surface area contributed by atoms with Crippen LogP contribution in [0.15, 0.2) is 17.0 Å². The lowest BCUT2D eigenvalue weighted by atomic mass is 10.0. The van der Waals surface area contributed by atoms with E-state index in [0.717, 1.165) is 44.0 Å². The van der Waals surface area contributed by atoms with Crippen LogP contribution in [0.25, 0.3) is 0 Å². The fourth-order valence-corrected chi connectivity index (χ4v) is 4.56. The van der Waals surface area contributed by atoms with Crippen LogP contribution in [-0.4, -0.2) is 45.3 Å². The van der Waals surface area contributed by atoms with Gasteiger partial charge in [0.1, 0.15) is 11.9 Å². The zero-order valence-corrected chi connectivity index (χ0v) is 17.7. The highest BCUT2D eigenvalue weighted by Gasteiger charge is 2.31. The van der Waals surface area contributed by atoms with E-state index in [1.807, 2.05) is 6.92 Å². The highest BCUT2D eigenvalue weighted by molar-refractivity contribution is 7.90. The Kier molecular flexibility index (Phi) is 7.16. The topological polar surface area (TPSA) is 84.5 Å². The number of sulfone groups is 1. The predicted octanol–water partition coefficient (Wildman–Crippen LogP) is 2.49. The molecular formula is C19H29ClN2O4S. The molecule has 3 rings (SSSR count). The van der Waals surface area contributed by atoms with Crippen LogP contribution in [0.5, 0.6) is 5.75 Å². The number of carbonyl (C=O) groups excluding carboxylic acids is 1. The van der Waals surface area contributed by atoms with Crippen molar-refractivity contribution in [1.29, 1.82) is 0 Å². The molecule has 0 spiro atoms. The van der Waals surface area contributed by atoms with Crippen molar-refractivity contribution in [3.63, 3.8) is 0 Å². The van der Waals surface area contributed by atoms with Gasteiger partial charge in [0, 0.05) is 24.8 Å². The minimum atomic E-state index is -3.40. The Hall–Kier alpha value is -1.31. The number of benzene rings is 1. The van der Waals surface area contributed by atoms with Crippen LogP contribution in [0.3, 0.4) is 0 Å². The lowest BCUT2D eigenvalue weighted by molar-refractivity contribution is 0.0921. The van der Waals surface area contributed by atoms with Crippen molar-refractivity contribution in [2.24, 2.45) is 0 Å². The molecule has 1 aromatic rings. The van der Waals surface area contributed by atoms with E-state index in [1.165, 1.54) is 6.07 Å². The van der Waals surface area contributed by atoms with Crippen LogP contribution in [0, 0.1) is 0 Å². The fourth-order valence-electron chi connectivity index (χ4n) is 3.87. The summed E-state index contributed by atoms with van der Waals surface area (Å²) in [5.41, 5.74) is 1.11. The fraction of sp³-hybridized carbons (Fsp3) is 0.632. The summed E-state index contributed by atoms with van der Waals surface area (Å²) in [5.74, 6) is 0.269. The summed E-state index contributed by atoms with van der Waals surface area (Å²) >= 11 is 0. The Bertz CT molecular complexity index is 791. The van der Waals surface area contributed by atoms with Crippen LogP contribution >= 0.6 is 12.4 Å². The van der Waals surface area contributed by atoms with E-state index in [0.29, 0.717) is 17.7 Å². The van der Waals surface area contributed by atoms with Crippen molar-refractivity contribution < 1.29 is 17.9 Å². The van der Waals surface area contributed by atoms with Gasteiger partial charge in [0.15, 0.2) is 9.84 Å². The van der Waals surface area contributed by atoms with E-state index in [9.17, 15) is 13.2 Å². The summed E-state index contributed by atoms with van der Waals surface area (Å²) in [6, 6.07) is 3.39. The third kappa shape index (κ3) is 4.95. The third-order valence-electron chi connectivity index (χ3n) is 5.14.